The molecule has 0 radical (unpaired) electrons. The average Bonchev–Trinajstić information content (AvgIpc) is 2.94. The lowest BCUT2D eigenvalue weighted by Crippen LogP contribution is -2.13. The lowest BCUT2D eigenvalue weighted by molar-refractivity contribution is -0.380. The van der Waals surface area contributed by atoms with Crippen LogP contribution in [0.25, 0.3) is 10.4 Å². The zero-order valence-electron chi connectivity index (χ0n) is 9.78. The number of halogens is 2. The SMILES string of the molecule is O=C1NCc2c([N+](=O)[O-])sc(-c3cc(F)ccc3Cl)c21. The Morgan fingerprint density at radius 1 is 1.45 bits per heavy atom. The first-order valence-corrected chi connectivity index (χ1v) is 6.72. The summed E-state index contributed by atoms with van der Waals surface area (Å²) in [6.07, 6.45) is 0. The molecule has 1 aromatic carbocycles. The molecule has 5 nitrogen and oxygen atoms in total. The monoisotopic (exact) mass is 312 g/mol. The van der Waals surface area contributed by atoms with Crippen LogP contribution in [0.5, 0.6) is 0 Å². The van der Waals surface area contributed by atoms with Crippen LogP contribution in [0.15, 0.2) is 18.2 Å². The number of fused-ring (bicyclic) bond motifs is 1. The Kier molecular flexibility index (Phi) is 2.95. The van der Waals surface area contributed by atoms with Crippen LogP contribution < -0.4 is 5.32 Å². The predicted molar refractivity (Wildman–Crippen MR) is 72.5 cm³/mol. The molecule has 1 aliphatic heterocycles. The first-order chi connectivity index (χ1) is 9.49. The number of carbonyl (C=O) groups is 1. The second kappa shape index (κ2) is 4.53. The number of benzene rings is 1. The van der Waals surface area contributed by atoms with Gasteiger partial charge in [0.15, 0.2) is 0 Å². The number of rotatable bonds is 2. The fourth-order valence-electron chi connectivity index (χ4n) is 2.12. The summed E-state index contributed by atoms with van der Waals surface area (Å²) in [7, 11) is 0. The van der Waals surface area contributed by atoms with E-state index in [4.69, 9.17) is 11.6 Å². The summed E-state index contributed by atoms with van der Waals surface area (Å²) in [6.45, 7) is 0.105. The van der Waals surface area contributed by atoms with Crippen LogP contribution in [0.3, 0.4) is 0 Å². The van der Waals surface area contributed by atoms with Crippen LogP contribution >= 0.6 is 22.9 Å². The molecule has 102 valence electrons. The highest BCUT2D eigenvalue weighted by atomic mass is 35.5. The number of nitrogens with zero attached hydrogens (tertiary/aromatic N) is 1. The van der Waals surface area contributed by atoms with Crippen LogP contribution in [-0.2, 0) is 6.54 Å². The van der Waals surface area contributed by atoms with Crippen molar-refractivity contribution in [1.82, 2.24) is 5.32 Å². The van der Waals surface area contributed by atoms with Crippen molar-refractivity contribution in [2.24, 2.45) is 0 Å². The molecule has 1 amide bonds. The van der Waals surface area contributed by atoms with Gasteiger partial charge in [0.25, 0.3) is 5.91 Å². The molecule has 0 saturated heterocycles. The Balaban J connectivity index is 2.30. The third-order valence-corrected chi connectivity index (χ3v) is 4.52. The van der Waals surface area contributed by atoms with Gasteiger partial charge in [0.2, 0.25) is 0 Å². The van der Waals surface area contributed by atoms with Crippen molar-refractivity contribution >= 4 is 33.8 Å². The zero-order chi connectivity index (χ0) is 14.4. The first kappa shape index (κ1) is 13.0. The van der Waals surface area contributed by atoms with Crippen molar-refractivity contribution in [2.75, 3.05) is 0 Å². The third-order valence-electron chi connectivity index (χ3n) is 2.98. The van der Waals surface area contributed by atoms with E-state index in [0.29, 0.717) is 10.4 Å². The molecular weight excluding hydrogens is 307 g/mol. The standard InChI is InChI=1S/C12H6ClFN2O3S/c13-8-2-1-5(14)3-6(8)10-9-7(4-15-11(9)17)12(20-10)16(18)19/h1-3H,4H2,(H,15,17). The van der Waals surface area contributed by atoms with E-state index >= 15 is 0 Å². The molecule has 0 saturated carbocycles. The van der Waals surface area contributed by atoms with Gasteiger partial charge in [-0.05, 0) is 18.2 Å². The van der Waals surface area contributed by atoms with Crippen molar-refractivity contribution < 1.29 is 14.1 Å². The lowest BCUT2D eigenvalue weighted by atomic mass is 10.1. The fourth-order valence-corrected chi connectivity index (χ4v) is 3.55. The Labute approximate surface area is 121 Å². The number of nitrogens with one attached hydrogen (secondary N) is 1. The Bertz CT molecular complexity index is 759. The van der Waals surface area contributed by atoms with Crippen molar-refractivity contribution in [1.29, 1.82) is 0 Å². The molecule has 1 aliphatic rings. The molecular formula is C12H6ClFN2O3S. The van der Waals surface area contributed by atoms with E-state index in [9.17, 15) is 19.3 Å². The topological polar surface area (TPSA) is 72.2 Å². The predicted octanol–water partition coefficient (Wildman–Crippen LogP) is 3.36. The van der Waals surface area contributed by atoms with E-state index in [2.05, 4.69) is 5.32 Å². The second-order valence-electron chi connectivity index (χ2n) is 4.15. The van der Waals surface area contributed by atoms with Gasteiger partial charge in [0.1, 0.15) is 5.82 Å². The maximum Gasteiger partial charge on any atom is 0.330 e. The summed E-state index contributed by atoms with van der Waals surface area (Å²) in [6, 6.07) is 3.72. The van der Waals surface area contributed by atoms with Gasteiger partial charge in [-0.15, -0.1) is 0 Å². The molecule has 1 aromatic heterocycles. The molecule has 1 N–H and O–H groups in total. The highest BCUT2D eigenvalue weighted by molar-refractivity contribution is 7.19. The first-order valence-electron chi connectivity index (χ1n) is 5.52. The highest BCUT2D eigenvalue weighted by Crippen LogP contribution is 2.45. The average molecular weight is 313 g/mol. The molecule has 3 rings (SSSR count). The molecule has 0 unspecified atom stereocenters. The molecule has 8 heteroatoms. The summed E-state index contributed by atoms with van der Waals surface area (Å²) >= 11 is 6.85. The maximum atomic E-state index is 13.4. The summed E-state index contributed by atoms with van der Waals surface area (Å²) in [5.41, 5.74) is 0.840. The van der Waals surface area contributed by atoms with E-state index in [-0.39, 0.29) is 27.7 Å². The largest absolute Gasteiger partial charge is 0.348 e. The minimum absolute atomic E-state index is 0.105. The lowest BCUT2D eigenvalue weighted by Gasteiger charge is -2.03. The van der Waals surface area contributed by atoms with Crippen molar-refractivity contribution in [3.8, 4) is 10.4 Å². The molecule has 0 atom stereocenters. The van der Waals surface area contributed by atoms with Crippen LogP contribution in [0, 0.1) is 15.9 Å². The Morgan fingerprint density at radius 2 is 2.20 bits per heavy atom. The molecule has 0 spiro atoms. The van der Waals surface area contributed by atoms with Crippen molar-refractivity contribution in [3.63, 3.8) is 0 Å². The van der Waals surface area contributed by atoms with E-state index in [0.717, 1.165) is 11.3 Å². The van der Waals surface area contributed by atoms with E-state index < -0.39 is 16.6 Å². The van der Waals surface area contributed by atoms with Gasteiger partial charge in [0.05, 0.1) is 27.5 Å². The number of amides is 1. The molecule has 0 aliphatic carbocycles. The maximum absolute atomic E-state index is 13.4. The van der Waals surface area contributed by atoms with E-state index in [1.807, 2.05) is 0 Å². The van der Waals surface area contributed by atoms with Gasteiger partial charge in [0, 0.05) is 10.6 Å². The Morgan fingerprint density at radius 3 is 2.90 bits per heavy atom. The van der Waals surface area contributed by atoms with Crippen molar-refractivity contribution in [3.05, 3.63) is 50.3 Å². The van der Waals surface area contributed by atoms with Gasteiger partial charge in [-0.25, -0.2) is 4.39 Å². The van der Waals surface area contributed by atoms with Crippen LogP contribution in [-0.4, -0.2) is 10.8 Å². The van der Waals surface area contributed by atoms with Gasteiger partial charge >= 0.3 is 5.00 Å². The molecule has 20 heavy (non-hydrogen) atoms. The van der Waals surface area contributed by atoms with Crippen LogP contribution in [0.4, 0.5) is 9.39 Å². The molecule has 2 aromatic rings. The quantitative estimate of drug-likeness (QED) is 0.682. The Hall–Kier alpha value is -1.99. The third kappa shape index (κ3) is 1.86. The zero-order valence-corrected chi connectivity index (χ0v) is 11.3. The van der Waals surface area contributed by atoms with Gasteiger partial charge in [-0.2, -0.15) is 0 Å². The van der Waals surface area contributed by atoms with E-state index in [1.165, 1.54) is 18.2 Å². The molecule has 0 fully saturated rings. The summed E-state index contributed by atoms with van der Waals surface area (Å²) in [5.74, 6) is -0.924. The molecule has 2 heterocycles. The van der Waals surface area contributed by atoms with Gasteiger partial charge < -0.3 is 5.32 Å². The van der Waals surface area contributed by atoms with Gasteiger partial charge in [-0.3, -0.25) is 14.9 Å². The minimum atomic E-state index is -0.541. The number of thiophene rings is 1. The van der Waals surface area contributed by atoms with Gasteiger partial charge in [-0.1, -0.05) is 22.9 Å². The highest BCUT2D eigenvalue weighted by Gasteiger charge is 2.35. The number of hydrogen-bond donors (Lipinski definition) is 1. The van der Waals surface area contributed by atoms with Crippen LogP contribution in [0.1, 0.15) is 15.9 Å². The smallest absolute Gasteiger partial charge is 0.330 e. The number of carbonyl (C=O) groups excluding carboxylic acids is 1. The van der Waals surface area contributed by atoms with Crippen LogP contribution in [0.2, 0.25) is 5.02 Å². The van der Waals surface area contributed by atoms with E-state index in [1.54, 1.807) is 0 Å². The number of nitro groups is 1. The summed E-state index contributed by atoms with van der Waals surface area (Å²) in [5, 5.41) is 13.7. The summed E-state index contributed by atoms with van der Waals surface area (Å²) < 4.78 is 13.4. The normalized spacial score (nSPS) is 13.2. The molecule has 0 bridgehead atoms. The van der Waals surface area contributed by atoms with Crippen molar-refractivity contribution in [2.45, 2.75) is 6.54 Å². The fraction of sp³-hybridized carbons (Fsp3) is 0.0833. The second-order valence-corrected chi connectivity index (χ2v) is 5.56. The summed E-state index contributed by atoms with van der Waals surface area (Å²) in [4.78, 5) is 22.6. The minimum Gasteiger partial charge on any atom is -0.348 e. The number of hydrogen-bond acceptors (Lipinski definition) is 4.